The molecule has 3 aromatic carbocycles. The second kappa shape index (κ2) is 10.4. The van der Waals surface area contributed by atoms with Gasteiger partial charge in [-0.3, -0.25) is 9.59 Å². The molecule has 0 atom stereocenters. The van der Waals surface area contributed by atoms with Crippen molar-refractivity contribution in [2.45, 2.75) is 19.8 Å². The Morgan fingerprint density at radius 2 is 1.58 bits per heavy atom. The molecule has 3 aromatic rings. The Labute approximate surface area is 218 Å². The van der Waals surface area contributed by atoms with E-state index in [4.69, 9.17) is 32.7 Å². The SMILES string of the molecule is COc1ccc(Cl)cc1N1C(=O)C(Cl)=C(Nc2ccc(C(=O)Oc3ccc(C(C)C)cc3)cc2)C1=O. The number of nitrogens with one attached hydrogen (secondary N) is 1. The van der Waals surface area contributed by atoms with Gasteiger partial charge in [-0.25, -0.2) is 9.69 Å². The molecule has 184 valence electrons. The van der Waals surface area contributed by atoms with Gasteiger partial charge in [-0.15, -0.1) is 0 Å². The second-order valence-corrected chi connectivity index (χ2v) is 9.08. The topological polar surface area (TPSA) is 84.9 Å². The van der Waals surface area contributed by atoms with Gasteiger partial charge in [-0.2, -0.15) is 0 Å². The van der Waals surface area contributed by atoms with Gasteiger partial charge in [-0.05, 0) is 66.1 Å². The van der Waals surface area contributed by atoms with Crippen LogP contribution in [0.25, 0.3) is 0 Å². The summed E-state index contributed by atoms with van der Waals surface area (Å²) in [5.41, 5.74) is 1.97. The van der Waals surface area contributed by atoms with E-state index in [2.05, 4.69) is 19.2 Å². The normalized spacial score (nSPS) is 13.4. The van der Waals surface area contributed by atoms with Gasteiger partial charge in [0.15, 0.2) is 0 Å². The average molecular weight is 525 g/mol. The number of esters is 1. The van der Waals surface area contributed by atoms with Crippen molar-refractivity contribution in [1.82, 2.24) is 0 Å². The summed E-state index contributed by atoms with van der Waals surface area (Å²) in [7, 11) is 1.42. The molecule has 1 aliphatic rings. The standard InChI is InChI=1S/C27H22Cl2N2O5/c1-15(2)16-6-11-20(12-7-16)36-27(34)17-4-9-19(10-5-17)30-24-23(29)25(32)31(26(24)33)21-14-18(28)8-13-22(21)35-3/h4-15,30H,1-3H3. The highest BCUT2D eigenvalue weighted by atomic mass is 35.5. The van der Waals surface area contributed by atoms with Crippen molar-refractivity contribution in [3.63, 3.8) is 0 Å². The van der Waals surface area contributed by atoms with Crippen molar-refractivity contribution >= 4 is 52.4 Å². The number of carbonyl (C=O) groups excluding carboxylic acids is 3. The van der Waals surface area contributed by atoms with Crippen molar-refractivity contribution in [2.24, 2.45) is 0 Å². The first-order valence-electron chi connectivity index (χ1n) is 11.0. The van der Waals surface area contributed by atoms with Crippen molar-refractivity contribution < 1.29 is 23.9 Å². The zero-order chi connectivity index (χ0) is 26.0. The number of anilines is 2. The van der Waals surface area contributed by atoms with Crippen molar-refractivity contribution in [3.05, 3.63) is 93.6 Å². The van der Waals surface area contributed by atoms with E-state index in [1.807, 2.05) is 12.1 Å². The lowest BCUT2D eigenvalue weighted by Gasteiger charge is -2.18. The zero-order valence-electron chi connectivity index (χ0n) is 19.7. The molecule has 0 aliphatic carbocycles. The van der Waals surface area contributed by atoms with Crippen LogP contribution >= 0.6 is 23.2 Å². The molecule has 0 saturated heterocycles. The van der Waals surface area contributed by atoms with E-state index in [9.17, 15) is 14.4 Å². The van der Waals surface area contributed by atoms with Gasteiger partial charge in [0.05, 0.1) is 18.4 Å². The number of hydrogen-bond acceptors (Lipinski definition) is 6. The fourth-order valence-electron chi connectivity index (χ4n) is 3.59. The molecule has 0 fully saturated rings. The molecule has 0 radical (unpaired) electrons. The average Bonchev–Trinajstić information content (AvgIpc) is 3.07. The van der Waals surface area contributed by atoms with E-state index >= 15 is 0 Å². The van der Waals surface area contributed by atoms with Crippen molar-refractivity contribution in [2.75, 3.05) is 17.3 Å². The number of carbonyl (C=O) groups is 3. The van der Waals surface area contributed by atoms with Gasteiger partial charge in [0.1, 0.15) is 22.2 Å². The first-order chi connectivity index (χ1) is 17.2. The molecular weight excluding hydrogens is 503 g/mol. The van der Waals surface area contributed by atoms with E-state index in [1.165, 1.54) is 13.2 Å². The van der Waals surface area contributed by atoms with Crippen molar-refractivity contribution in [3.8, 4) is 11.5 Å². The predicted octanol–water partition coefficient (Wildman–Crippen LogP) is 6.13. The molecule has 0 spiro atoms. The molecule has 0 unspecified atom stereocenters. The maximum absolute atomic E-state index is 13.1. The first-order valence-corrected chi connectivity index (χ1v) is 11.8. The number of methoxy groups -OCH3 is 1. The lowest BCUT2D eigenvalue weighted by molar-refractivity contribution is -0.120. The van der Waals surface area contributed by atoms with Crippen LogP contribution in [0.4, 0.5) is 11.4 Å². The Morgan fingerprint density at radius 3 is 2.19 bits per heavy atom. The van der Waals surface area contributed by atoms with E-state index in [0.29, 0.717) is 27.9 Å². The van der Waals surface area contributed by atoms with Crippen LogP contribution in [0.15, 0.2) is 77.5 Å². The molecule has 36 heavy (non-hydrogen) atoms. The minimum Gasteiger partial charge on any atom is -0.495 e. The van der Waals surface area contributed by atoms with Crippen LogP contribution in [0.5, 0.6) is 11.5 Å². The van der Waals surface area contributed by atoms with Crippen LogP contribution in [0, 0.1) is 0 Å². The molecule has 1 N–H and O–H groups in total. The molecule has 4 rings (SSSR count). The van der Waals surface area contributed by atoms with Crippen LogP contribution < -0.4 is 19.7 Å². The van der Waals surface area contributed by atoms with Gasteiger partial charge < -0.3 is 14.8 Å². The van der Waals surface area contributed by atoms with E-state index < -0.39 is 17.8 Å². The minimum absolute atomic E-state index is 0.107. The number of ether oxygens (including phenoxy) is 2. The Kier molecular flexibility index (Phi) is 7.33. The molecule has 0 bridgehead atoms. The molecule has 1 aliphatic heterocycles. The number of nitrogens with zero attached hydrogens (tertiary/aromatic N) is 1. The highest BCUT2D eigenvalue weighted by Crippen LogP contribution is 2.37. The summed E-state index contributed by atoms with van der Waals surface area (Å²) in [6, 6.07) is 18.2. The third kappa shape index (κ3) is 5.08. The Hall–Kier alpha value is -3.81. The summed E-state index contributed by atoms with van der Waals surface area (Å²) in [6.07, 6.45) is 0. The quantitative estimate of drug-likeness (QED) is 0.227. The summed E-state index contributed by atoms with van der Waals surface area (Å²) in [6.45, 7) is 4.17. The highest BCUT2D eigenvalue weighted by Gasteiger charge is 2.40. The summed E-state index contributed by atoms with van der Waals surface area (Å²) < 4.78 is 10.7. The number of halogens is 2. The van der Waals surface area contributed by atoms with E-state index in [0.717, 1.165) is 10.5 Å². The fourth-order valence-corrected chi connectivity index (χ4v) is 3.97. The highest BCUT2D eigenvalue weighted by molar-refractivity contribution is 6.53. The summed E-state index contributed by atoms with van der Waals surface area (Å²) in [5.74, 6) is -0.807. The largest absolute Gasteiger partial charge is 0.495 e. The summed E-state index contributed by atoms with van der Waals surface area (Å²) in [5, 5.41) is 2.90. The zero-order valence-corrected chi connectivity index (χ0v) is 21.2. The third-order valence-electron chi connectivity index (χ3n) is 5.56. The van der Waals surface area contributed by atoms with E-state index in [1.54, 1.807) is 48.5 Å². The van der Waals surface area contributed by atoms with Gasteiger partial charge in [0, 0.05) is 10.7 Å². The molecule has 0 aromatic heterocycles. The predicted molar refractivity (Wildman–Crippen MR) is 139 cm³/mol. The first kappa shape index (κ1) is 25.3. The molecule has 9 heteroatoms. The lowest BCUT2D eigenvalue weighted by Crippen LogP contribution is -2.32. The van der Waals surface area contributed by atoms with Crippen LogP contribution in [-0.2, 0) is 9.59 Å². The Morgan fingerprint density at radius 1 is 0.917 bits per heavy atom. The lowest BCUT2D eigenvalue weighted by atomic mass is 10.0. The number of benzene rings is 3. The monoisotopic (exact) mass is 524 g/mol. The number of imide groups is 1. The Bertz CT molecular complexity index is 1370. The molecular formula is C27H22Cl2N2O5. The van der Waals surface area contributed by atoms with Gasteiger partial charge >= 0.3 is 5.97 Å². The Balaban J connectivity index is 1.48. The summed E-state index contributed by atoms with van der Waals surface area (Å²) >= 11 is 12.3. The van der Waals surface area contributed by atoms with Crippen LogP contribution in [-0.4, -0.2) is 24.9 Å². The molecule has 0 saturated carbocycles. The molecule has 2 amide bonds. The molecule has 7 nitrogen and oxygen atoms in total. The van der Waals surface area contributed by atoms with Crippen LogP contribution in [0.3, 0.4) is 0 Å². The van der Waals surface area contributed by atoms with E-state index in [-0.39, 0.29) is 22.2 Å². The van der Waals surface area contributed by atoms with Gasteiger partial charge in [-0.1, -0.05) is 49.2 Å². The minimum atomic E-state index is -0.714. The maximum Gasteiger partial charge on any atom is 0.343 e. The smallest absolute Gasteiger partial charge is 0.343 e. The van der Waals surface area contributed by atoms with Gasteiger partial charge in [0.2, 0.25) is 0 Å². The van der Waals surface area contributed by atoms with Crippen LogP contribution in [0.1, 0.15) is 35.7 Å². The number of rotatable bonds is 7. The second-order valence-electron chi connectivity index (χ2n) is 8.27. The fraction of sp³-hybridized carbons (Fsp3) is 0.148. The third-order valence-corrected chi connectivity index (χ3v) is 6.14. The molecule has 1 heterocycles. The number of hydrogen-bond donors (Lipinski definition) is 1. The number of amides is 2. The van der Waals surface area contributed by atoms with Crippen LogP contribution in [0.2, 0.25) is 5.02 Å². The maximum atomic E-state index is 13.1. The van der Waals surface area contributed by atoms with Gasteiger partial charge in [0.25, 0.3) is 11.8 Å². The summed E-state index contributed by atoms with van der Waals surface area (Å²) in [4.78, 5) is 39.3. The van der Waals surface area contributed by atoms with Crippen molar-refractivity contribution in [1.29, 1.82) is 0 Å².